The van der Waals surface area contributed by atoms with E-state index < -0.39 is 15.7 Å². The first-order valence-electron chi connectivity index (χ1n) is 10.2. The first kappa shape index (κ1) is 22.3. The lowest BCUT2D eigenvalue weighted by molar-refractivity contribution is 0.146. The maximum atomic E-state index is 13.8. The van der Waals surface area contributed by atoms with Gasteiger partial charge in [0.1, 0.15) is 16.5 Å². The highest BCUT2D eigenvalue weighted by Gasteiger charge is 2.25. The molecule has 164 valence electrons. The zero-order valence-corrected chi connectivity index (χ0v) is 18.0. The van der Waals surface area contributed by atoms with Crippen LogP contribution in [0.4, 0.5) is 4.39 Å². The van der Waals surface area contributed by atoms with Crippen LogP contribution in [0.1, 0.15) is 31.1 Å². The van der Waals surface area contributed by atoms with Crippen LogP contribution in [-0.4, -0.2) is 58.3 Å². The Morgan fingerprint density at radius 3 is 2.60 bits per heavy atom. The number of hydrogen-bond donors (Lipinski definition) is 2. The van der Waals surface area contributed by atoms with E-state index in [1.807, 2.05) is 12.1 Å². The van der Waals surface area contributed by atoms with Gasteiger partial charge < -0.3 is 15.1 Å². The number of guanidine groups is 1. The van der Waals surface area contributed by atoms with Gasteiger partial charge in [-0.05, 0) is 50.2 Å². The normalized spacial score (nSPS) is 16.9. The van der Waals surface area contributed by atoms with E-state index >= 15 is 0 Å². The first-order chi connectivity index (χ1) is 14.5. The van der Waals surface area contributed by atoms with Gasteiger partial charge in [0.25, 0.3) is 0 Å². The summed E-state index contributed by atoms with van der Waals surface area (Å²) in [4.78, 5) is 6.29. The number of nitrogens with zero attached hydrogens (tertiary/aromatic N) is 2. The summed E-state index contributed by atoms with van der Waals surface area (Å²) in [5.41, 5.74) is 0. The van der Waals surface area contributed by atoms with E-state index in [0.717, 1.165) is 37.8 Å². The molecule has 1 fully saturated rings. The molecule has 3 rings (SSSR count). The SMILES string of the molecule is CN=C(NCCS(=O)(=O)c1ccccc1F)NCC(c1ccco1)N1CCCCC1. The van der Waals surface area contributed by atoms with Crippen molar-refractivity contribution < 1.29 is 17.2 Å². The van der Waals surface area contributed by atoms with Gasteiger partial charge in [0, 0.05) is 20.1 Å². The quantitative estimate of drug-likeness (QED) is 0.489. The average Bonchev–Trinajstić information content (AvgIpc) is 3.28. The average molecular weight is 437 g/mol. The molecule has 1 saturated heterocycles. The minimum atomic E-state index is -3.72. The van der Waals surface area contributed by atoms with Gasteiger partial charge in [0.05, 0.1) is 18.1 Å². The molecule has 0 aliphatic carbocycles. The smallest absolute Gasteiger partial charge is 0.191 e. The summed E-state index contributed by atoms with van der Waals surface area (Å²) in [6.45, 7) is 2.72. The Kier molecular flexibility index (Phi) is 7.87. The summed E-state index contributed by atoms with van der Waals surface area (Å²) in [7, 11) is -2.09. The predicted octanol–water partition coefficient (Wildman–Crippen LogP) is 2.58. The van der Waals surface area contributed by atoms with Gasteiger partial charge in [-0.3, -0.25) is 9.89 Å². The van der Waals surface area contributed by atoms with Crippen molar-refractivity contribution in [2.45, 2.75) is 30.2 Å². The van der Waals surface area contributed by atoms with Crippen molar-refractivity contribution in [3.05, 3.63) is 54.2 Å². The summed E-state index contributed by atoms with van der Waals surface area (Å²) in [5, 5.41) is 6.27. The first-order valence-corrected chi connectivity index (χ1v) is 11.9. The lowest BCUT2D eigenvalue weighted by atomic mass is 10.1. The highest BCUT2D eigenvalue weighted by Crippen LogP contribution is 2.24. The topological polar surface area (TPSA) is 86.9 Å². The summed E-state index contributed by atoms with van der Waals surface area (Å²) in [6.07, 6.45) is 5.25. The van der Waals surface area contributed by atoms with E-state index in [1.54, 1.807) is 13.3 Å². The Balaban J connectivity index is 1.55. The minimum absolute atomic E-state index is 0.0704. The minimum Gasteiger partial charge on any atom is -0.468 e. The van der Waals surface area contributed by atoms with E-state index in [4.69, 9.17) is 4.42 Å². The molecule has 0 amide bonds. The van der Waals surface area contributed by atoms with E-state index in [2.05, 4.69) is 20.5 Å². The molecule has 2 aromatic rings. The van der Waals surface area contributed by atoms with Gasteiger partial charge in [0.15, 0.2) is 15.8 Å². The van der Waals surface area contributed by atoms with E-state index in [0.29, 0.717) is 12.5 Å². The fourth-order valence-corrected chi connectivity index (χ4v) is 4.89. The molecule has 1 aliphatic rings. The Bertz CT molecular complexity index is 925. The number of piperidine rings is 1. The van der Waals surface area contributed by atoms with Gasteiger partial charge in [-0.25, -0.2) is 12.8 Å². The third-order valence-corrected chi connectivity index (χ3v) is 6.97. The number of rotatable bonds is 8. The molecule has 7 nitrogen and oxygen atoms in total. The molecular weight excluding hydrogens is 407 g/mol. The van der Waals surface area contributed by atoms with Crippen LogP contribution in [0.5, 0.6) is 0 Å². The number of likely N-dealkylation sites (tertiary alicyclic amines) is 1. The van der Waals surface area contributed by atoms with E-state index in [9.17, 15) is 12.8 Å². The number of furan rings is 1. The number of benzene rings is 1. The van der Waals surface area contributed by atoms with Crippen molar-refractivity contribution in [1.29, 1.82) is 0 Å². The summed E-state index contributed by atoms with van der Waals surface area (Å²) >= 11 is 0. The zero-order chi connectivity index (χ0) is 21.4. The Hall–Kier alpha value is -2.39. The highest BCUT2D eigenvalue weighted by atomic mass is 32.2. The van der Waals surface area contributed by atoms with Gasteiger partial charge in [-0.15, -0.1) is 0 Å². The van der Waals surface area contributed by atoms with Crippen LogP contribution in [-0.2, 0) is 9.84 Å². The van der Waals surface area contributed by atoms with Crippen molar-refractivity contribution in [3.8, 4) is 0 Å². The molecule has 2 heterocycles. The molecular formula is C21H29FN4O3S. The van der Waals surface area contributed by atoms with Crippen LogP contribution in [0.15, 0.2) is 57.0 Å². The summed E-state index contributed by atoms with van der Waals surface area (Å²) in [5.74, 6) is 0.416. The molecule has 0 spiro atoms. The lowest BCUT2D eigenvalue weighted by Crippen LogP contribution is -2.45. The zero-order valence-electron chi connectivity index (χ0n) is 17.2. The van der Waals surface area contributed by atoms with Crippen molar-refractivity contribution in [1.82, 2.24) is 15.5 Å². The molecule has 0 radical (unpaired) electrons. The van der Waals surface area contributed by atoms with Crippen molar-refractivity contribution in [2.75, 3.05) is 39.0 Å². The summed E-state index contributed by atoms with van der Waals surface area (Å²) in [6, 6.07) is 9.34. The van der Waals surface area contributed by atoms with Crippen LogP contribution >= 0.6 is 0 Å². The Labute approximate surface area is 177 Å². The van der Waals surface area contributed by atoms with Crippen LogP contribution in [0, 0.1) is 5.82 Å². The second-order valence-corrected chi connectivity index (χ2v) is 9.33. The fourth-order valence-electron chi connectivity index (χ4n) is 3.65. The second kappa shape index (κ2) is 10.6. The third-order valence-electron chi connectivity index (χ3n) is 5.22. The van der Waals surface area contributed by atoms with Gasteiger partial charge in [0.2, 0.25) is 0 Å². The fraction of sp³-hybridized carbons (Fsp3) is 0.476. The molecule has 1 unspecified atom stereocenters. The molecule has 1 aliphatic heterocycles. The van der Waals surface area contributed by atoms with E-state index in [1.165, 1.54) is 24.6 Å². The summed E-state index contributed by atoms with van der Waals surface area (Å²) < 4.78 is 44.2. The molecule has 1 aromatic carbocycles. The van der Waals surface area contributed by atoms with Crippen LogP contribution in [0.25, 0.3) is 0 Å². The van der Waals surface area contributed by atoms with Crippen LogP contribution in [0.3, 0.4) is 0 Å². The largest absolute Gasteiger partial charge is 0.468 e. The number of hydrogen-bond acceptors (Lipinski definition) is 5. The number of sulfone groups is 1. The molecule has 0 saturated carbocycles. The van der Waals surface area contributed by atoms with Gasteiger partial charge in [-0.2, -0.15) is 0 Å². The Morgan fingerprint density at radius 2 is 1.93 bits per heavy atom. The lowest BCUT2D eigenvalue weighted by Gasteiger charge is -2.33. The second-order valence-electron chi connectivity index (χ2n) is 7.26. The van der Waals surface area contributed by atoms with Crippen molar-refractivity contribution >= 4 is 15.8 Å². The maximum Gasteiger partial charge on any atom is 0.191 e. The number of aliphatic imine (C=N–C) groups is 1. The van der Waals surface area contributed by atoms with Crippen LogP contribution < -0.4 is 10.6 Å². The number of halogens is 1. The molecule has 1 aromatic heterocycles. The highest BCUT2D eigenvalue weighted by molar-refractivity contribution is 7.91. The monoisotopic (exact) mass is 436 g/mol. The molecule has 0 bridgehead atoms. The predicted molar refractivity (Wildman–Crippen MR) is 115 cm³/mol. The standard InChI is InChI=1S/C21H29FN4O3S/c1-23-21(24-11-15-30(27,28)20-10-4-3-8-17(20)22)25-16-18(19-9-7-14-29-19)26-12-5-2-6-13-26/h3-4,7-10,14,18H,2,5-6,11-13,15-16H2,1H3,(H2,23,24,25). The van der Waals surface area contributed by atoms with Crippen molar-refractivity contribution in [2.24, 2.45) is 4.99 Å². The van der Waals surface area contributed by atoms with Crippen molar-refractivity contribution in [3.63, 3.8) is 0 Å². The molecule has 1 atom stereocenters. The maximum absolute atomic E-state index is 13.8. The van der Waals surface area contributed by atoms with Crippen LogP contribution in [0.2, 0.25) is 0 Å². The van der Waals surface area contributed by atoms with Gasteiger partial charge in [-0.1, -0.05) is 18.6 Å². The molecule has 30 heavy (non-hydrogen) atoms. The molecule has 9 heteroatoms. The third kappa shape index (κ3) is 5.82. The Morgan fingerprint density at radius 1 is 1.17 bits per heavy atom. The van der Waals surface area contributed by atoms with Gasteiger partial charge >= 0.3 is 0 Å². The molecule has 2 N–H and O–H groups in total. The van der Waals surface area contributed by atoms with E-state index in [-0.39, 0.29) is 23.2 Å². The number of nitrogens with one attached hydrogen (secondary N) is 2.